The van der Waals surface area contributed by atoms with Crippen LogP contribution < -0.4 is 5.32 Å². The van der Waals surface area contributed by atoms with Crippen molar-refractivity contribution >= 4 is 23.0 Å². The summed E-state index contributed by atoms with van der Waals surface area (Å²) in [4.78, 5) is 10.3. The fraction of sp³-hybridized carbons (Fsp3) is 0.143. The lowest BCUT2D eigenvalue weighted by Crippen LogP contribution is -2.03. The molecule has 0 radical (unpaired) electrons. The zero-order valence-corrected chi connectivity index (χ0v) is 11.4. The van der Waals surface area contributed by atoms with E-state index in [1.165, 1.54) is 12.1 Å². The Bertz CT molecular complexity index is 662. The van der Waals surface area contributed by atoms with Gasteiger partial charge in [0, 0.05) is 29.4 Å². The van der Waals surface area contributed by atoms with Crippen molar-refractivity contribution in [3.8, 4) is 0 Å². The van der Waals surface area contributed by atoms with E-state index < -0.39 is 10.7 Å². The summed E-state index contributed by atoms with van der Waals surface area (Å²) in [5.41, 5.74) is 1.73. The molecule has 0 bridgehead atoms. The SMILES string of the molecule is Cc1cc(NCc2cccc(Cl)c2F)ccc1[N+](=O)[O-]. The number of rotatable bonds is 4. The van der Waals surface area contributed by atoms with Gasteiger partial charge in [0.15, 0.2) is 0 Å². The number of hydrogen-bond acceptors (Lipinski definition) is 3. The summed E-state index contributed by atoms with van der Waals surface area (Å²) in [6.45, 7) is 1.91. The van der Waals surface area contributed by atoms with Gasteiger partial charge in [-0.15, -0.1) is 0 Å². The van der Waals surface area contributed by atoms with Crippen molar-refractivity contribution in [3.63, 3.8) is 0 Å². The van der Waals surface area contributed by atoms with Crippen molar-refractivity contribution < 1.29 is 9.31 Å². The van der Waals surface area contributed by atoms with Gasteiger partial charge in [-0.3, -0.25) is 10.1 Å². The molecule has 20 heavy (non-hydrogen) atoms. The molecule has 0 unspecified atom stereocenters. The number of nitrogens with zero attached hydrogens (tertiary/aromatic N) is 1. The minimum Gasteiger partial charge on any atom is -0.381 e. The first-order valence-corrected chi connectivity index (χ1v) is 6.28. The molecule has 0 heterocycles. The van der Waals surface area contributed by atoms with Crippen molar-refractivity contribution in [2.45, 2.75) is 13.5 Å². The number of anilines is 1. The summed E-state index contributed by atoms with van der Waals surface area (Å²) in [6.07, 6.45) is 0. The second kappa shape index (κ2) is 5.88. The molecule has 0 spiro atoms. The van der Waals surface area contributed by atoms with Crippen molar-refractivity contribution in [2.24, 2.45) is 0 Å². The third kappa shape index (κ3) is 3.05. The molecular formula is C14H12ClFN2O2. The maximum Gasteiger partial charge on any atom is 0.272 e. The van der Waals surface area contributed by atoms with Gasteiger partial charge in [-0.1, -0.05) is 23.7 Å². The highest BCUT2D eigenvalue weighted by atomic mass is 35.5. The van der Waals surface area contributed by atoms with Gasteiger partial charge in [0.05, 0.1) is 9.95 Å². The summed E-state index contributed by atoms with van der Waals surface area (Å²) in [5, 5.41) is 13.8. The van der Waals surface area contributed by atoms with E-state index in [0.29, 0.717) is 16.8 Å². The molecule has 104 valence electrons. The van der Waals surface area contributed by atoms with Crippen molar-refractivity contribution in [2.75, 3.05) is 5.32 Å². The average molecular weight is 295 g/mol. The van der Waals surface area contributed by atoms with Crippen LogP contribution in [0.3, 0.4) is 0 Å². The topological polar surface area (TPSA) is 55.2 Å². The van der Waals surface area contributed by atoms with E-state index in [1.54, 1.807) is 31.2 Å². The summed E-state index contributed by atoms with van der Waals surface area (Å²) < 4.78 is 13.7. The normalized spacial score (nSPS) is 10.3. The van der Waals surface area contributed by atoms with Gasteiger partial charge in [0.1, 0.15) is 5.82 Å². The Kier molecular flexibility index (Phi) is 4.20. The van der Waals surface area contributed by atoms with Gasteiger partial charge >= 0.3 is 0 Å². The molecule has 0 aliphatic carbocycles. The monoisotopic (exact) mass is 294 g/mol. The van der Waals surface area contributed by atoms with E-state index in [0.717, 1.165) is 0 Å². The summed E-state index contributed by atoms with van der Waals surface area (Å²) >= 11 is 5.70. The molecule has 4 nitrogen and oxygen atoms in total. The first kappa shape index (κ1) is 14.3. The van der Waals surface area contributed by atoms with Crippen LogP contribution in [0.2, 0.25) is 5.02 Å². The highest BCUT2D eigenvalue weighted by molar-refractivity contribution is 6.30. The summed E-state index contributed by atoms with van der Waals surface area (Å²) in [7, 11) is 0. The molecule has 0 saturated heterocycles. The lowest BCUT2D eigenvalue weighted by atomic mass is 10.1. The third-order valence-electron chi connectivity index (χ3n) is 2.91. The van der Waals surface area contributed by atoms with Crippen LogP contribution in [0.5, 0.6) is 0 Å². The quantitative estimate of drug-likeness (QED) is 0.675. The van der Waals surface area contributed by atoms with Gasteiger partial charge in [-0.25, -0.2) is 4.39 Å². The Balaban J connectivity index is 2.13. The zero-order valence-electron chi connectivity index (χ0n) is 10.7. The van der Waals surface area contributed by atoms with Crippen molar-refractivity contribution in [1.29, 1.82) is 0 Å². The van der Waals surface area contributed by atoms with Crippen LogP contribution in [0, 0.1) is 22.9 Å². The predicted octanol–water partition coefficient (Wildman–Crippen LogP) is 4.31. The molecule has 2 aromatic rings. The average Bonchev–Trinajstić information content (AvgIpc) is 2.40. The first-order chi connectivity index (χ1) is 9.49. The van der Waals surface area contributed by atoms with Crippen LogP contribution in [0.1, 0.15) is 11.1 Å². The smallest absolute Gasteiger partial charge is 0.272 e. The van der Waals surface area contributed by atoms with Crippen LogP contribution in [0.4, 0.5) is 15.8 Å². The maximum absolute atomic E-state index is 13.7. The Labute approximate surface area is 120 Å². The summed E-state index contributed by atoms with van der Waals surface area (Å²) in [5.74, 6) is -0.458. The van der Waals surface area contributed by atoms with E-state index >= 15 is 0 Å². The van der Waals surface area contributed by atoms with Crippen molar-refractivity contribution in [1.82, 2.24) is 0 Å². The van der Waals surface area contributed by atoms with Gasteiger partial charge in [-0.05, 0) is 25.1 Å². The van der Waals surface area contributed by atoms with Gasteiger partial charge in [-0.2, -0.15) is 0 Å². The highest BCUT2D eigenvalue weighted by Gasteiger charge is 2.10. The molecule has 0 fully saturated rings. The highest BCUT2D eigenvalue weighted by Crippen LogP contribution is 2.23. The first-order valence-electron chi connectivity index (χ1n) is 5.91. The van der Waals surface area contributed by atoms with E-state index in [9.17, 15) is 14.5 Å². The van der Waals surface area contributed by atoms with Crippen LogP contribution in [-0.4, -0.2) is 4.92 Å². The Hall–Kier alpha value is -2.14. The van der Waals surface area contributed by atoms with E-state index in [4.69, 9.17) is 11.6 Å². The number of benzene rings is 2. The van der Waals surface area contributed by atoms with Gasteiger partial charge < -0.3 is 5.32 Å². The molecule has 6 heteroatoms. The standard InChI is InChI=1S/C14H12ClFN2O2/c1-9-7-11(5-6-13(9)18(19)20)17-8-10-3-2-4-12(15)14(10)16/h2-7,17H,8H2,1H3. The third-order valence-corrected chi connectivity index (χ3v) is 3.20. The molecule has 0 aliphatic rings. The summed E-state index contributed by atoms with van der Waals surface area (Å²) in [6, 6.07) is 9.45. The second-order valence-corrected chi connectivity index (χ2v) is 4.73. The molecule has 0 amide bonds. The largest absolute Gasteiger partial charge is 0.381 e. The predicted molar refractivity (Wildman–Crippen MR) is 76.6 cm³/mol. The van der Waals surface area contributed by atoms with E-state index in [2.05, 4.69) is 5.32 Å². The molecule has 0 atom stereocenters. The maximum atomic E-state index is 13.7. The van der Waals surface area contributed by atoms with Gasteiger partial charge in [0.25, 0.3) is 5.69 Å². The molecule has 2 rings (SSSR count). The number of nitrogens with one attached hydrogen (secondary N) is 1. The Morgan fingerprint density at radius 3 is 2.75 bits per heavy atom. The Morgan fingerprint density at radius 1 is 1.35 bits per heavy atom. The second-order valence-electron chi connectivity index (χ2n) is 4.32. The van der Waals surface area contributed by atoms with Gasteiger partial charge in [0.2, 0.25) is 0 Å². The molecule has 0 aromatic heterocycles. The molecular weight excluding hydrogens is 283 g/mol. The molecule has 0 saturated carbocycles. The van der Waals surface area contributed by atoms with Crippen molar-refractivity contribution in [3.05, 3.63) is 68.5 Å². The Morgan fingerprint density at radius 2 is 2.10 bits per heavy atom. The van der Waals surface area contributed by atoms with Crippen LogP contribution >= 0.6 is 11.6 Å². The van der Waals surface area contributed by atoms with Crippen LogP contribution in [0.15, 0.2) is 36.4 Å². The number of aryl methyl sites for hydroxylation is 1. The zero-order chi connectivity index (χ0) is 14.7. The number of halogens is 2. The lowest BCUT2D eigenvalue weighted by molar-refractivity contribution is -0.385. The molecule has 1 N–H and O–H groups in total. The fourth-order valence-electron chi connectivity index (χ4n) is 1.85. The molecule has 2 aromatic carbocycles. The number of hydrogen-bond donors (Lipinski definition) is 1. The van der Waals surface area contributed by atoms with Crippen LogP contribution in [-0.2, 0) is 6.54 Å². The van der Waals surface area contributed by atoms with Crippen LogP contribution in [0.25, 0.3) is 0 Å². The fourth-order valence-corrected chi connectivity index (χ4v) is 2.05. The minimum atomic E-state index is -0.458. The van der Waals surface area contributed by atoms with E-state index in [1.807, 2.05) is 0 Å². The minimum absolute atomic E-state index is 0.0597. The molecule has 0 aliphatic heterocycles. The van der Waals surface area contributed by atoms with E-state index in [-0.39, 0.29) is 17.3 Å². The number of nitro groups is 1. The lowest BCUT2D eigenvalue weighted by Gasteiger charge is -2.09. The number of nitro benzene ring substituents is 1.